The molecule has 2 heterocycles. The van der Waals surface area contributed by atoms with Gasteiger partial charge in [0, 0.05) is 31.8 Å². The van der Waals surface area contributed by atoms with E-state index in [1.54, 1.807) is 30.0 Å². The van der Waals surface area contributed by atoms with Crippen molar-refractivity contribution >= 4 is 38.7 Å². The van der Waals surface area contributed by atoms with Crippen molar-refractivity contribution in [3.05, 3.63) is 29.8 Å². The third-order valence-corrected chi connectivity index (χ3v) is 6.71. The Morgan fingerprint density at radius 2 is 1.96 bits per heavy atom. The molecular weight excluding hydrogens is 360 g/mol. The molecule has 1 amide bonds. The first-order chi connectivity index (χ1) is 11.9. The number of nitrogens with zero attached hydrogens (tertiary/aromatic N) is 4. The molecule has 25 heavy (non-hydrogen) atoms. The molecule has 134 valence electrons. The lowest BCUT2D eigenvalue weighted by atomic mass is 10.2. The SMILES string of the molecule is CC/C=C(/C)C(=O)N1CCN(S(=O)(=O)c2cccc3nsnc23)CC1. The van der Waals surface area contributed by atoms with E-state index in [0.717, 1.165) is 18.1 Å². The molecule has 0 saturated carbocycles. The van der Waals surface area contributed by atoms with Crippen molar-refractivity contribution in [3.8, 4) is 0 Å². The van der Waals surface area contributed by atoms with Crippen LogP contribution in [-0.2, 0) is 14.8 Å². The average molecular weight is 380 g/mol. The second kappa shape index (κ2) is 7.19. The number of allylic oxidation sites excluding steroid dienone is 1. The molecule has 0 radical (unpaired) electrons. The Bertz CT molecular complexity index is 912. The predicted octanol–water partition coefficient (Wildman–Crippen LogP) is 1.88. The molecule has 9 heteroatoms. The minimum Gasteiger partial charge on any atom is -0.336 e. The number of hydrogen-bond donors (Lipinski definition) is 0. The predicted molar refractivity (Wildman–Crippen MR) is 96.8 cm³/mol. The van der Waals surface area contributed by atoms with Crippen LogP contribution in [0, 0.1) is 0 Å². The summed E-state index contributed by atoms with van der Waals surface area (Å²) in [6, 6.07) is 4.98. The van der Waals surface area contributed by atoms with Gasteiger partial charge in [0.15, 0.2) is 0 Å². The van der Waals surface area contributed by atoms with Crippen LogP contribution in [0.4, 0.5) is 0 Å². The molecule has 3 rings (SSSR count). The Morgan fingerprint density at radius 3 is 2.64 bits per heavy atom. The van der Waals surface area contributed by atoms with Crippen molar-refractivity contribution in [2.75, 3.05) is 26.2 Å². The van der Waals surface area contributed by atoms with Gasteiger partial charge in [-0.1, -0.05) is 19.1 Å². The molecule has 1 aliphatic heterocycles. The molecule has 1 fully saturated rings. The van der Waals surface area contributed by atoms with Crippen LogP contribution >= 0.6 is 11.7 Å². The summed E-state index contributed by atoms with van der Waals surface area (Å²) in [4.78, 5) is 14.2. The van der Waals surface area contributed by atoms with Gasteiger partial charge in [0.25, 0.3) is 0 Å². The maximum atomic E-state index is 13.0. The summed E-state index contributed by atoms with van der Waals surface area (Å²) in [7, 11) is -3.65. The molecule has 0 unspecified atom stereocenters. The molecule has 1 aromatic heterocycles. The van der Waals surface area contributed by atoms with Crippen LogP contribution in [-0.4, -0.2) is 58.5 Å². The summed E-state index contributed by atoms with van der Waals surface area (Å²) < 4.78 is 35.6. The van der Waals surface area contributed by atoms with Crippen molar-refractivity contribution in [3.63, 3.8) is 0 Å². The summed E-state index contributed by atoms with van der Waals surface area (Å²) in [5.41, 5.74) is 1.70. The quantitative estimate of drug-likeness (QED) is 0.756. The van der Waals surface area contributed by atoms with Gasteiger partial charge in [0.1, 0.15) is 15.9 Å². The van der Waals surface area contributed by atoms with Gasteiger partial charge >= 0.3 is 0 Å². The summed E-state index contributed by atoms with van der Waals surface area (Å²) in [5, 5.41) is 0. The van der Waals surface area contributed by atoms with Gasteiger partial charge in [-0.2, -0.15) is 13.1 Å². The van der Waals surface area contributed by atoms with E-state index < -0.39 is 10.0 Å². The van der Waals surface area contributed by atoms with Crippen molar-refractivity contribution < 1.29 is 13.2 Å². The first-order valence-electron chi connectivity index (χ1n) is 8.12. The summed E-state index contributed by atoms with van der Waals surface area (Å²) >= 11 is 1.000. The van der Waals surface area contributed by atoms with Crippen LogP contribution in [0.5, 0.6) is 0 Å². The van der Waals surface area contributed by atoms with Crippen LogP contribution in [0.15, 0.2) is 34.7 Å². The topological polar surface area (TPSA) is 83.5 Å². The van der Waals surface area contributed by atoms with Gasteiger partial charge < -0.3 is 4.90 Å². The Balaban J connectivity index is 1.77. The monoisotopic (exact) mass is 380 g/mol. The zero-order chi connectivity index (χ0) is 18.0. The Morgan fingerprint density at radius 1 is 1.24 bits per heavy atom. The first kappa shape index (κ1) is 18.0. The number of hydrogen-bond acceptors (Lipinski definition) is 6. The number of aromatic nitrogens is 2. The highest BCUT2D eigenvalue weighted by molar-refractivity contribution is 7.89. The molecule has 0 bridgehead atoms. The molecule has 2 aromatic rings. The average Bonchev–Trinajstić information content (AvgIpc) is 3.10. The van der Waals surface area contributed by atoms with Crippen LogP contribution in [0.2, 0.25) is 0 Å². The number of sulfonamides is 1. The summed E-state index contributed by atoms with van der Waals surface area (Å²) in [5.74, 6) is -0.0234. The minimum atomic E-state index is -3.65. The lowest BCUT2D eigenvalue weighted by Gasteiger charge is -2.34. The highest BCUT2D eigenvalue weighted by Gasteiger charge is 2.32. The van der Waals surface area contributed by atoms with E-state index in [1.165, 1.54) is 4.31 Å². The number of benzene rings is 1. The first-order valence-corrected chi connectivity index (χ1v) is 10.3. The smallest absolute Gasteiger partial charge is 0.249 e. The second-order valence-corrected chi connectivity index (χ2v) is 8.31. The molecule has 1 aliphatic rings. The standard InChI is InChI=1S/C16H20N4O3S2/c1-3-5-12(2)16(21)19-8-10-20(11-9-19)25(22,23)14-7-4-6-13-15(14)18-24-17-13/h4-7H,3,8-11H2,1-2H3/b12-5-. The van der Waals surface area contributed by atoms with E-state index in [0.29, 0.717) is 29.7 Å². The van der Waals surface area contributed by atoms with Crippen LogP contribution in [0.25, 0.3) is 11.0 Å². The normalized spacial score (nSPS) is 17.2. The van der Waals surface area contributed by atoms with E-state index in [1.807, 2.05) is 13.0 Å². The van der Waals surface area contributed by atoms with E-state index in [-0.39, 0.29) is 23.9 Å². The number of amides is 1. The number of rotatable bonds is 4. The Labute approximate surface area is 151 Å². The van der Waals surface area contributed by atoms with Gasteiger partial charge in [0.2, 0.25) is 15.9 Å². The number of fused-ring (bicyclic) bond motifs is 1. The van der Waals surface area contributed by atoms with Gasteiger partial charge in [0.05, 0.1) is 11.7 Å². The zero-order valence-electron chi connectivity index (χ0n) is 14.2. The molecular formula is C16H20N4O3S2. The van der Waals surface area contributed by atoms with Gasteiger partial charge in [-0.05, 0) is 25.5 Å². The second-order valence-electron chi connectivity index (χ2n) is 5.88. The lowest BCUT2D eigenvalue weighted by molar-refractivity contribution is -0.128. The number of piperazine rings is 1. The maximum Gasteiger partial charge on any atom is 0.249 e. The summed E-state index contributed by atoms with van der Waals surface area (Å²) in [6.45, 7) is 5.11. The molecule has 0 spiro atoms. The molecule has 1 aromatic carbocycles. The molecule has 0 aliphatic carbocycles. The van der Waals surface area contributed by atoms with Crippen LogP contribution in [0.1, 0.15) is 20.3 Å². The summed E-state index contributed by atoms with van der Waals surface area (Å²) in [6.07, 6.45) is 2.69. The van der Waals surface area contributed by atoms with Gasteiger partial charge in [-0.3, -0.25) is 4.79 Å². The molecule has 0 atom stereocenters. The lowest BCUT2D eigenvalue weighted by Crippen LogP contribution is -2.50. The highest BCUT2D eigenvalue weighted by atomic mass is 32.2. The minimum absolute atomic E-state index is 0.0234. The fourth-order valence-electron chi connectivity index (χ4n) is 2.90. The van der Waals surface area contributed by atoms with Gasteiger partial charge in [-0.15, -0.1) is 0 Å². The van der Waals surface area contributed by atoms with Gasteiger partial charge in [-0.25, -0.2) is 8.42 Å². The van der Waals surface area contributed by atoms with Crippen molar-refractivity contribution in [1.82, 2.24) is 18.0 Å². The molecule has 0 N–H and O–H groups in total. The third-order valence-electron chi connectivity index (χ3n) is 4.24. The van der Waals surface area contributed by atoms with E-state index >= 15 is 0 Å². The fraction of sp³-hybridized carbons (Fsp3) is 0.438. The number of carbonyl (C=O) groups excluding carboxylic acids is 1. The Hall–Kier alpha value is -1.84. The molecule has 7 nitrogen and oxygen atoms in total. The van der Waals surface area contributed by atoms with E-state index in [2.05, 4.69) is 8.75 Å². The molecule has 1 saturated heterocycles. The van der Waals surface area contributed by atoms with E-state index in [4.69, 9.17) is 0 Å². The van der Waals surface area contributed by atoms with Crippen molar-refractivity contribution in [2.45, 2.75) is 25.2 Å². The number of carbonyl (C=O) groups is 1. The third kappa shape index (κ3) is 3.44. The van der Waals surface area contributed by atoms with Crippen molar-refractivity contribution in [1.29, 1.82) is 0 Å². The Kier molecular flexibility index (Phi) is 5.16. The highest BCUT2D eigenvalue weighted by Crippen LogP contribution is 2.25. The maximum absolute atomic E-state index is 13.0. The van der Waals surface area contributed by atoms with Crippen molar-refractivity contribution in [2.24, 2.45) is 0 Å². The van der Waals surface area contributed by atoms with Crippen LogP contribution < -0.4 is 0 Å². The zero-order valence-corrected chi connectivity index (χ0v) is 15.8. The van der Waals surface area contributed by atoms with Crippen LogP contribution in [0.3, 0.4) is 0 Å². The van der Waals surface area contributed by atoms with E-state index in [9.17, 15) is 13.2 Å². The fourth-order valence-corrected chi connectivity index (χ4v) is 5.08. The largest absolute Gasteiger partial charge is 0.336 e.